The minimum atomic E-state index is -0.925. The first-order chi connectivity index (χ1) is 16.2. The number of hydrogen-bond acceptors (Lipinski definition) is 6. The first kappa shape index (κ1) is 20.8. The summed E-state index contributed by atoms with van der Waals surface area (Å²) in [6.07, 6.45) is 7.46. The Morgan fingerprint density at radius 2 is 1.91 bits per heavy atom. The van der Waals surface area contributed by atoms with Crippen molar-refractivity contribution < 1.29 is 8.95 Å². The number of morpholine rings is 1. The first-order valence-electron chi connectivity index (χ1n) is 11.4. The molecule has 0 radical (unpaired) electrons. The zero-order chi connectivity index (χ0) is 22.4. The summed E-state index contributed by atoms with van der Waals surface area (Å²) < 4.78 is 21.7. The molecule has 4 aromatic rings. The van der Waals surface area contributed by atoms with Gasteiger partial charge in [-0.25, -0.2) is 18.5 Å². The lowest BCUT2D eigenvalue weighted by atomic mass is 10.1. The monoisotopic (exact) mass is 465 g/mol. The van der Waals surface area contributed by atoms with Gasteiger partial charge in [0, 0.05) is 61.1 Å². The van der Waals surface area contributed by atoms with Gasteiger partial charge >= 0.3 is 0 Å². The predicted octanol–water partition coefficient (Wildman–Crippen LogP) is 2.74. The second kappa shape index (κ2) is 8.51. The maximum Gasteiger partial charge on any atom is 0.228 e. The van der Waals surface area contributed by atoms with Crippen LogP contribution in [0.1, 0.15) is 18.9 Å². The predicted molar refractivity (Wildman–Crippen MR) is 130 cm³/mol. The van der Waals surface area contributed by atoms with Gasteiger partial charge in [0.25, 0.3) is 0 Å². The van der Waals surface area contributed by atoms with Gasteiger partial charge in [0.1, 0.15) is 11.2 Å². The van der Waals surface area contributed by atoms with Crippen LogP contribution < -0.4 is 4.90 Å². The molecule has 1 atom stereocenters. The maximum absolute atomic E-state index is 11.9. The summed E-state index contributed by atoms with van der Waals surface area (Å²) in [6, 6.07) is 8.59. The van der Waals surface area contributed by atoms with Crippen molar-refractivity contribution in [2.24, 2.45) is 0 Å². The summed E-state index contributed by atoms with van der Waals surface area (Å²) in [4.78, 5) is 20.4. The number of anilines is 1. The Morgan fingerprint density at radius 1 is 1.09 bits per heavy atom. The SMILES string of the molecule is CS(=O)N1CCC(n2cnc3c(-c4cccc5[nH]ccc45)nc(N4CCOCC4)nc32)CC1. The molecule has 9 nitrogen and oxygen atoms in total. The molecule has 0 aliphatic carbocycles. The van der Waals surface area contributed by atoms with E-state index in [-0.39, 0.29) is 6.04 Å². The number of nitrogens with one attached hydrogen (secondary N) is 1. The Labute approximate surface area is 194 Å². The van der Waals surface area contributed by atoms with Gasteiger partial charge in [-0.2, -0.15) is 4.98 Å². The van der Waals surface area contributed by atoms with Crippen LogP contribution >= 0.6 is 0 Å². The molecule has 2 fully saturated rings. The molecule has 33 heavy (non-hydrogen) atoms. The highest BCUT2D eigenvalue weighted by Gasteiger charge is 2.26. The molecule has 1 N–H and O–H groups in total. The van der Waals surface area contributed by atoms with E-state index in [2.05, 4.69) is 32.7 Å². The van der Waals surface area contributed by atoms with Crippen LogP contribution in [0.4, 0.5) is 5.95 Å². The van der Waals surface area contributed by atoms with Crippen LogP contribution in [0.5, 0.6) is 0 Å². The third kappa shape index (κ3) is 3.71. The molecular formula is C23H27N7O2S. The van der Waals surface area contributed by atoms with Gasteiger partial charge in [-0.15, -0.1) is 0 Å². The van der Waals surface area contributed by atoms with Gasteiger partial charge in [-0.3, -0.25) is 0 Å². The number of rotatable bonds is 4. The fraction of sp³-hybridized carbons (Fsp3) is 0.435. The van der Waals surface area contributed by atoms with Crippen LogP contribution in [-0.2, 0) is 15.7 Å². The third-order valence-corrected chi connectivity index (χ3v) is 7.83. The highest BCUT2D eigenvalue weighted by molar-refractivity contribution is 7.81. The van der Waals surface area contributed by atoms with Crippen LogP contribution in [0.15, 0.2) is 36.8 Å². The van der Waals surface area contributed by atoms with E-state index in [0.29, 0.717) is 13.2 Å². The van der Waals surface area contributed by atoms with Crippen LogP contribution in [0.2, 0.25) is 0 Å². The second-order valence-corrected chi connectivity index (χ2v) is 9.99. The van der Waals surface area contributed by atoms with Gasteiger partial charge in [0.2, 0.25) is 5.95 Å². The van der Waals surface area contributed by atoms with E-state index >= 15 is 0 Å². The first-order valence-corrected chi connectivity index (χ1v) is 12.9. The zero-order valence-corrected chi connectivity index (χ0v) is 19.4. The largest absolute Gasteiger partial charge is 0.378 e. The fourth-order valence-electron chi connectivity index (χ4n) is 4.93. The Bertz CT molecular complexity index is 1320. The topological polar surface area (TPSA) is 92.2 Å². The summed E-state index contributed by atoms with van der Waals surface area (Å²) in [5, 5.41) is 1.12. The summed E-state index contributed by atoms with van der Waals surface area (Å²) >= 11 is 0. The van der Waals surface area contributed by atoms with E-state index < -0.39 is 11.0 Å². The van der Waals surface area contributed by atoms with Gasteiger partial charge in [-0.05, 0) is 25.0 Å². The lowest BCUT2D eigenvalue weighted by Crippen LogP contribution is -2.37. The average Bonchev–Trinajstić information content (AvgIpc) is 3.51. The van der Waals surface area contributed by atoms with E-state index in [1.54, 1.807) is 6.26 Å². The van der Waals surface area contributed by atoms with E-state index in [4.69, 9.17) is 19.7 Å². The lowest BCUT2D eigenvalue weighted by molar-refractivity contribution is 0.122. The molecule has 2 aliphatic rings. The molecule has 5 heterocycles. The van der Waals surface area contributed by atoms with Gasteiger partial charge in [-0.1, -0.05) is 12.1 Å². The van der Waals surface area contributed by atoms with Crippen LogP contribution in [-0.4, -0.2) is 78.7 Å². The average molecular weight is 466 g/mol. The van der Waals surface area contributed by atoms with Gasteiger partial charge < -0.3 is 19.2 Å². The molecule has 2 saturated heterocycles. The van der Waals surface area contributed by atoms with Crippen molar-refractivity contribution in [1.29, 1.82) is 0 Å². The zero-order valence-electron chi connectivity index (χ0n) is 18.6. The number of hydrogen-bond donors (Lipinski definition) is 1. The molecule has 0 amide bonds. The normalized spacial score (nSPS) is 19.5. The molecule has 2 aliphatic heterocycles. The van der Waals surface area contributed by atoms with E-state index in [9.17, 15) is 4.21 Å². The van der Waals surface area contributed by atoms with E-state index in [1.165, 1.54) is 0 Å². The molecule has 10 heteroatoms. The molecule has 0 bridgehead atoms. The summed E-state index contributed by atoms with van der Waals surface area (Å²) in [5.74, 6) is 0.724. The number of ether oxygens (including phenoxy) is 1. The van der Waals surface area contributed by atoms with Crippen molar-refractivity contribution in [2.75, 3.05) is 50.5 Å². The minimum Gasteiger partial charge on any atom is -0.378 e. The molecule has 1 unspecified atom stereocenters. The van der Waals surface area contributed by atoms with Crippen molar-refractivity contribution in [3.63, 3.8) is 0 Å². The van der Waals surface area contributed by atoms with Crippen LogP contribution in [0.3, 0.4) is 0 Å². The van der Waals surface area contributed by atoms with Crippen LogP contribution in [0, 0.1) is 0 Å². The lowest BCUT2D eigenvalue weighted by Gasteiger charge is -2.31. The summed E-state index contributed by atoms with van der Waals surface area (Å²) in [7, 11) is -0.925. The third-order valence-electron chi connectivity index (χ3n) is 6.73. The highest BCUT2D eigenvalue weighted by Crippen LogP contribution is 2.35. The number of piperidine rings is 1. The maximum atomic E-state index is 11.9. The Hall–Kier alpha value is -2.82. The molecule has 0 spiro atoms. The van der Waals surface area contributed by atoms with Crippen molar-refractivity contribution in [1.82, 2.24) is 28.8 Å². The smallest absolute Gasteiger partial charge is 0.228 e. The number of aromatic nitrogens is 5. The standard InChI is InChI=1S/C23H27N7O2S/c1-33(31)29-9-6-16(7-10-29)30-15-25-21-20(18-3-2-4-19-17(18)5-8-24-19)26-23(27-22(21)30)28-11-13-32-14-12-28/h2-5,8,15-16,24H,6-7,9-14H2,1H3. The van der Waals surface area contributed by atoms with Crippen molar-refractivity contribution in [2.45, 2.75) is 18.9 Å². The molecule has 1 aromatic carbocycles. The Morgan fingerprint density at radius 3 is 2.70 bits per heavy atom. The quantitative estimate of drug-likeness (QED) is 0.498. The molecule has 0 saturated carbocycles. The highest BCUT2D eigenvalue weighted by atomic mass is 32.2. The summed E-state index contributed by atoms with van der Waals surface area (Å²) in [5.41, 5.74) is 4.67. The number of nitrogens with zero attached hydrogens (tertiary/aromatic N) is 6. The van der Waals surface area contributed by atoms with Gasteiger partial charge in [0.05, 0.1) is 30.5 Å². The Balaban J connectivity index is 1.49. The number of benzene rings is 1. The number of aromatic amines is 1. The fourth-order valence-corrected chi connectivity index (χ4v) is 5.66. The van der Waals surface area contributed by atoms with Crippen molar-refractivity contribution in [3.8, 4) is 11.3 Å². The molecular weight excluding hydrogens is 438 g/mol. The van der Waals surface area contributed by atoms with Gasteiger partial charge in [0.15, 0.2) is 5.65 Å². The second-order valence-electron chi connectivity index (χ2n) is 8.62. The van der Waals surface area contributed by atoms with Crippen LogP contribution in [0.25, 0.3) is 33.3 Å². The van der Waals surface area contributed by atoms with Crippen molar-refractivity contribution in [3.05, 3.63) is 36.8 Å². The number of imidazole rings is 1. The Kier molecular flexibility index (Phi) is 5.35. The van der Waals surface area contributed by atoms with E-state index in [0.717, 1.165) is 78.3 Å². The molecule has 3 aromatic heterocycles. The summed E-state index contributed by atoms with van der Waals surface area (Å²) in [6.45, 7) is 4.52. The number of fused-ring (bicyclic) bond motifs is 2. The minimum absolute atomic E-state index is 0.276. The van der Waals surface area contributed by atoms with E-state index in [1.807, 2.05) is 22.9 Å². The number of H-pyrrole nitrogens is 1. The molecule has 6 rings (SSSR count). The molecule has 172 valence electrons. The van der Waals surface area contributed by atoms with Crippen molar-refractivity contribution >= 4 is 39.0 Å².